The van der Waals surface area contributed by atoms with Gasteiger partial charge in [0.25, 0.3) is 7.82 Å². The van der Waals surface area contributed by atoms with Crippen molar-refractivity contribution in [1.29, 1.82) is 0 Å². The van der Waals surface area contributed by atoms with Crippen LogP contribution in [0.5, 0.6) is 0 Å². The lowest BCUT2D eigenvalue weighted by Gasteiger charge is -2.28. The molecule has 0 aromatic carbocycles. The van der Waals surface area contributed by atoms with Crippen LogP contribution in [0.3, 0.4) is 0 Å². The topological polar surface area (TPSA) is 94.1 Å². The lowest BCUT2D eigenvalue weighted by molar-refractivity contribution is -0.870. The Balaban J connectivity index is 3.97. The monoisotopic (exact) mass is 643 g/mol. The highest BCUT2D eigenvalue weighted by atomic mass is 31.2. The van der Waals surface area contributed by atoms with E-state index in [0.717, 1.165) is 38.5 Å². The molecule has 0 fully saturated rings. The summed E-state index contributed by atoms with van der Waals surface area (Å²) >= 11 is 0. The summed E-state index contributed by atoms with van der Waals surface area (Å²) in [4.78, 5) is 24.3. The number of rotatable bonds is 31. The molecule has 8 nitrogen and oxygen atoms in total. The van der Waals surface area contributed by atoms with Gasteiger partial charge in [0.05, 0.1) is 34.4 Å². The second-order valence-corrected chi connectivity index (χ2v) is 13.9. The lowest BCUT2D eigenvalue weighted by atomic mass is 10.1. The van der Waals surface area contributed by atoms with E-state index in [0.29, 0.717) is 24.1 Å². The van der Waals surface area contributed by atoms with Gasteiger partial charge in [-0.1, -0.05) is 102 Å². The maximum absolute atomic E-state index is 12.1. The quantitative estimate of drug-likeness (QED) is 0.0246. The molecular weight excluding hydrogens is 577 g/mol. The second-order valence-electron chi connectivity index (χ2n) is 12.5. The van der Waals surface area contributed by atoms with Crippen molar-refractivity contribution in [2.75, 3.05) is 54.1 Å². The predicted octanol–water partition coefficient (Wildman–Crippen LogP) is 8.46. The molecule has 0 saturated carbocycles. The fourth-order valence-corrected chi connectivity index (χ4v) is 4.90. The number of esters is 1. The molecule has 0 aliphatic heterocycles. The molecule has 0 amide bonds. The molecule has 9 heteroatoms. The van der Waals surface area contributed by atoms with Crippen molar-refractivity contribution in [3.05, 3.63) is 36.5 Å². The van der Waals surface area contributed by atoms with E-state index in [9.17, 15) is 14.3 Å². The van der Waals surface area contributed by atoms with Crippen molar-refractivity contribution >= 4 is 13.8 Å². The lowest BCUT2D eigenvalue weighted by Crippen LogP contribution is -2.37. The first-order valence-electron chi connectivity index (χ1n) is 17.2. The van der Waals surface area contributed by atoms with Crippen LogP contribution in [0.15, 0.2) is 36.5 Å². The molecule has 0 radical (unpaired) electrons. The maximum atomic E-state index is 12.1. The Morgan fingerprint density at radius 3 is 1.84 bits per heavy atom. The van der Waals surface area contributed by atoms with Crippen LogP contribution >= 0.6 is 7.82 Å². The van der Waals surface area contributed by atoms with Gasteiger partial charge in [-0.2, -0.15) is 0 Å². The molecule has 0 aliphatic carbocycles. The van der Waals surface area contributed by atoms with Crippen molar-refractivity contribution < 1.29 is 37.3 Å². The van der Waals surface area contributed by atoms with Crippen molar-refractivity contribution in [2.45, 2.75) is 129 Å². The highest BCUT2D eigenvalue weighted by Gasteiger charge is 2.20. The number of ether oxygens (including phenoxy) is 2. The van der Waals surface area contributed by atoms with Gasteiger partial charge in [-0.05, 0) is 51.4 Å². The molecule has 2 atom stereocenters. The maximum Gasteiger partial charge on any atom is 0.306 e. The summed E-state index contributed by atoms with van der Waals surface area (Å²) in [5.41, 5.74) is 0. The summed E-state index contributed by atoms with van der Waals surface area (Å²) in [7, 11) is 1.34. The Kier molecular flexibility index (Phi) is 28.3. The molecule has 0 rings (SSSR count). The Hall–Kier alpha value is -1.28. The van der Waals surface area contributed by atoms with Gasteiger partial charge in [0.15, 0.2) is 0 Å². The van der Waals surface area contributed by atoms with E-state index in [4.69, 9.17) is 18.5 Å². The Morgan fingerprint density at radius 2 is 1.25 bits per heavy atom. The minimum atomic E-state index is -4.49. The van der Waals surface area contributed by atoms with Crippen molar-refractivity contribution in [2.24, 2.45) is 0 Å². The number of unbranched alkanes of at least 4 members (excludes halogenated alkanes) is 11. The van der Waals surface area contributed by atoms with Crippen LogP contribution in [-0.2, 0) is 27.9 Å². The highest BCUT2D eigenvalue weighted by Crippen LogP contribution is 2.38. The summed E-state index contributed by atoms with van der Waals surface area (Å²) in [6, 6.07) is 0. The van der Waals surface area contributed by atoms with Crippen LogP contribution in [0.1, 0.15) is 123 Å². The summed E-state index contributed by atoms with van der Waals surface area (Å²) in [5, 5.41) is 0. The molecule has 258 valence electrons. The average Bonchev–Trinajstić information content (AvgIpc) is 2.96. The minimum absolute atomic E-state index is 0.0222. The third-order valence-corrected chi connectivity index (χ3v) is 7.91. The number of phosphoric acid groups is 1. The number of phosphoric ester groups is 1. The number of allylic oxidation sites excluding steroid dienone is 6. The first-order valence-corrected chi connectivity index (χ1v) is 18.7. The summed E-state index contributed by atoms with van der Waals surface area (Å²) in [6.45, 7) is 5.08. The van der Waals surface area contributed by atoms with Gasteiger partial charge in [-0.25, -0.2) is 0 Å². The number of carbonyl (C=O) groups is 1. The number of hydrogen-bond acceptors (Lipinski definition) is 7. The third-order valence-electron chi connectivity index (χ3n) is 6.94. The van der Waals surface area contributed by atoms with Crippen LogP contribution in [-0.4, -0.2) is 70.7 Å². The van der Waals surface area contributed by atoms with Crippen LogP contribution in [0.2, 0.25) is 0 Å². The van der Waals surface area contributed by atoms with Gasteiger partial charge in [0.2, 0.25) is 0 Å². The molecule has 0 aromatic heterocycles. The van der Waals surface area contributed by atoms with E-state index in [2.05, 4.69) is 43.4 Å². The molecule has 0 heterocycles. The average molecular weight is 644 g/mol. The number of carbonyl (C=O) groups excluding carboxylic acids is 1. The smallest absolute Gasteiger partial charge is 0.306 e. The third kappa shape index (κ3) is 32.1. The molecule has 2 unspecified atom stereocenters. The summed E-state index contributed by atoms with van der Waals surface area (Å²) in [6.07, 6.45) is 31.2. The van der Waals surface area contributed by atoms with Crippen molar-refractivity contribution in [3.63, 3.8) is 0 Å². The van der Waals surface area contributed by atoms with Crippen LogP contribution in [0.25, 0.3) is 0 Å². The first kappa shape index (κ1) is 42.7. The number of likely N-dealkylation sites (N-methyl/N-ethyl adjacent to an activating group) is 1. The Morgan fingerprint density at radius 1 is 0.705 bits per heavy atom. The van der Waals surface area contributed by atoms with E-state index in [1.807, 2.05) is 28.1 Å². The van der Waals surface area contributed by atoms with Crippen molar-refractivity contribution in [1.82, 2.24) is 0 Å². The van der Waals surface area contributed by atoms with E-state index in [-0.39, 0.29) is 32.2 Å². The van der Waals surface area contributed by atoms with E-state index < -0.39 is 13.9 Å². The molecule has 0 aliphatic rings. The van der Waals surface area contributed by atoms with Crippen LogP contribution in [0.4, 0.5) is 0 Å². The van der Waals surface area contributed by atoms with Crippen LogP contribution < -0.4 is 4.89 Å². The van der Waals surface area contributed by atoms with Gasteiger partial charge >= 0.3 is 5.97 Å². The largest absolute Gasteiger partial charge is 0.756 e. The molecule has 0 saturated heterocycles. The van der Waals surface area contributed by atoms with Gasteiger partial charge in [-0.15, -0.1) is 0 Å². The highest BCUT2D eigenvalue weighted by molar-refractivity contribution is 7.45. The predicted molar refractivity (Wildman–Crippen MR) is 180 cm³/mol. The molecule has 0 N–H and O–H groups in total. The number of nitrogens with zero attached hydrogens (tertiary/aromatic N) is 1. The summed E-state index contributed by atoms with van der Waals surface area (Å²) in [5.74, 6) is -0.375. The van der Waals surface area contributed by atoms with Gasteiger partial charge < -0.3 is 27.9 Å². The number of hydrogen-bond donors (Lipinski definition) is 0. The fraction of sp³-hybridized carbons (Fsp3) is 0.800. The fourth-order valence-electron chi connectivity index (χ4n) is 4.18. The Labute approximate surface area is 270 Å². The van der Waals surface area contributed by atoms with E-state index in [1.165, 1.54) is 57.8 Å². The number of quaternary nitrogens is 1. The standard InChI is InChI=1S/C35H66NO7P/c1-6-8-10-11-12-13-14-15-16-17-18-19-20-21-22-23-24-25-26-27-30-40-32-34(43-35(37)28-9-7-2)33-42-44(38,39)41-31-29-36(3,4)5/h12-13,15-16,18-19,34H,6-11,14,17,20-33H2,1-5H3/b13-12-,16-15-,19-18-. The molecule has 0 aromatic rings. The van der Waals surface area contributed by atoms with Gasteiger partial charge in [0.1, 0.15) is 19.3 Å². The van der Waals surface area contributed by atoms with Gasteiger partial charge in [0, 0.05) is 13.0 Å². The zero-order valence-corrected chi connectivity index (χ0v) is 29.7. The molecule has 44 heavy (non-hydrogen) atoms. The zero-order valence-electron chi connectivity index (χ0n) is 28.8. The Bertz CT molecular complexity index is 807. The van der Waals surface area contributed by atoms with Gasteiger partial charge in [-0.3, -0.25) is 9.36 Å². The SMILES string of the molecule is CCCCC/C=C\C/C=C\C/C=C\CCCCCCCCCOCC(COP(=O)([O-])OCC[N+](C)(C)C)OC(=O)CCCC. The summed E-state index contributed by atoms with van der Waals surface area (Å²) < 4.78 is 33.8. The first-order chi connectivity index (χ1) is 21.1. The van der Waals surface area contributed by atoms with Crippen molar-refractivity contribution in [3.8, 4) is 0 Å². The molecule has 0 spiro atoms. The normalized spacial score (nSPS) is 14.6. The molecule has 0 bridgehead atoms. The molecular formula is C35H66NO7P. The second kappa shape index (κ2) is 29.1. The van der Waals surface area contributed by atoms with E-state index in [1.54, 1.807) is 0 Å². The zero-order chi connectivity index (χ0) is 32.8. The van der Waals surface area contributed by atoms with Crippen LogP contribution in [0, 0.1) is 0 Å². The van der Waals surface area contributed by atoms with E-state index >= 15 is 0 Å². The minimum Gasteiger partial charge on any atom is -0.756 e.